The zero-order valence-corrected chi connectivity index (χ0v) is 9.67. The molecule has 6 nitrogen and oxygen atoms in total. The number of aromatic amines is 1. The van der Waals surface area contributed by atoms with Gasteiger partial charge in [-0.05, 0) is 18.6 Å². The Balaban J connectivity index is 2.17. The van der Waals surface area contributed by atoms with Crippen LogP contribution >= 0.6 is 11.3 Å². The summed E-state index contributed by atoms with van der Waals surface area (Å²) in [5.41, 5.74) is 0.954. The van der Waals surface area contributed by atoms with E-state index in [0.717, 1.165) is 11.3 Å². The number of imidazole rings is 1. The van der Waals surface area contributed by atoms with Crippen LogP contribution < -0.4 is 5.32 Å². The molecule has 0 aliphatic heterocycles. The Bertz CT molecular complexity index is 559. The molecule has 0 aromatic carbocycles. The van der Waals surface area contributed by atoms with Gasteiger partial charge in [0.2, 0.25) is 0 Å². The largest absolute Gasteiger partial charge is 0.477 e. The number of aromatic nitrogens is 2. The Morgan fingerprint density at radius 2 is 2.29 bits per heavy atom. The fraction of sp³-hybridized carbons (Fsp3) is 0.100. The molecule has 0 aliphatic rings. The predicted molar refractivity (Wildman–Crippen MR) is 62.6 cm³/mol. The SMILES string of the molecule is Cc1cc(NC(=O)c2cnc[nH]2)sc1C(=O)O. The van der Waals surface area contributed by atoms with Gasteiger partial charge in [-0.15, -0.1) is 11.3 Å². The van der Waals surface area contributed by atoms with Gasteiger partial charge in [-0.1, -0.05) is 0 Å². The average Bonchev–Trinajstić information content (AvgIpc) is 2.86. The minimum atomic E-state index is -0.991. The Labute approximate surface area is 100 Å². The van der Waals surface area contributed by atoms with Crippen molar-refractivity contribution in [3.05, 3.63) is 34.7 Å². The number of carbonyl (C=O) groups excluding carboxylic acids is 1. The number of carboxylic acid groups (broad SMARTS) is 1. The van der Waals surface area contributed by atoms with Gasteiger partial charge in [-0.25, -0.2) is 9.78 Å². The molecule has 2 rings (SSSR count). The van der Waals surface area contributed by atoms with Gasteiger partial charge in [0.1, 0.15) is 10.6 Å². The normalized spacial score (nSPS) is 10.2. The van der Waals surface area contributed by atoms with Crippen molar-refractivity contribution in [1.29, 1.82) is 0 Å². The first-order chi connectivity index (χ1) is 8.08. The highest BCUT2D eigenvalue weighted by atomic mass is 32.1. The third kappa shape index (κ3) is 2.34. The second-order valence-electron chi connectivity index (χ2n) is 3.35. The summed E-state index contributed by atoms with van der Waals surface area (Å²) in [6.45, 7) is 1.69. The summed E-state index contributed by atoms with van der Waals surface area (Å²) in [5.74, 6) is -1.34. The van der Waals surface area contributed by atoms with Crippen molar-refractivity contribution in [2.75, 3.05) is 5.32 Å². The topological polar surface area (TPSA) is 95.1 Å². The standard InChI is InChI=1S/C10H9N3O3S/c1-5-2-7(17-8(5)10(15)16)13-9(14)6-3-11-4-12-6/h2-4H,1H3,(H,11,12)(H,13,14)(H,15,16). The summed E-state index contributed by atoms with van der Waals surface area (Å²) in [6.07, 6.45) is 2.80. The van der Waals surface area contributed by atoms with Gasteiger partial charge < -0.3 is 15.4 Å². The third-order valence-corrected chi connectivity index (χ3v) is 3.23. The highest BCUT2D eigenvalue weighted by molar-refractivity contribution is 7.18. The van der Waals surface area contributed by atoms with Gasteiger partial charge in [0, 0.05) is 0 Å². The van der Waals surface area contributed by atoms with E-state index < -0.39 is 5.97 Å². The number of amides is 1. The molecule has 0 spiro atoms. The van der Waals surface area contributed by atoms with Crippen LogP contribution in [0.2, 0.25) is 0 Å². The average molecular weight is 251 g/mol. The molecule has 0 fully saturated rings. The van der Waals surface area contributed by atoms with Crippen molar-refractivity contribution in [3.63, 3.8) is 0 Å². The van der Waals surface area contributed by atoms with Gasteiger partial charge in [-0.2, -0.15) is 0 Å². The molecule has 1 amide bonds. The molecule has 2 aromatic rings. The van der Waals surface area contributed by atoms with Crippen LogP contribution in [0.1, 0.15) is 25.7 Å². The van der Waals surface area contributed by atoms with E-state index in [1.165, 1.54) is 12.5 Å². The minimum absolute atomic E-state index is 0.227. The van der Waals surface area contributed by atoms with Crippen molar-refractivity contribution >= 4 is 28.2 Å². The van der Waals surface area contributed by atoms with Gasteiger partial charge in [0.25, 0.3) is 5.91 Å². The number of anilines is 1. The molecule has 0 bridgehead atoms. The number of carbonyl (C=O) groups is 2. The van der Waals surface area contributed by atoms with E-state index in [9.17, 15) is 9.59 Å². The van der Waals surface area contributed by atoms with Gasteiger partial charge in [0.15, 0.2) is 0 Å². The first kappa shape index (κ1) is 11.3. The lowest BCUT2D eigenvalue weighted by molar-refractivity contribution is 0.0701. The van der Waals surface area contributed by atoms with E-state index in [1.807, 2.05) is 0 Å². The fourth-order valence-corrected chi connectivity index (χ4v) is 2.22. The predicted octanol–water partition coefficient (Wildman–Crippen LogP) is 1.73. The van der Waals surface area contributed by atoms with E-state index in [1.54, 1.807) is 13.0 Å². The van der Waals surface area contributed by atoms with Crippen LogP contribution in [0.15, 0.2) is 18.6 Å². The number of rotatable bonds is 3. The Morgan fingerprint density at radius 1 is 1.53 bits per heavy atom. The highest BCUT2D eigenvalue weighted by Gasteiger charge is 2.14. The molecule has 0 saturated heterocycles. The fourth-order valence-electron chi connectivity index (χ4n) is 1.32. The number of carboxylic acids is 1. The molecule has 0 aliphatic carbocycles. The van der Waals surface area contributed by atoms with Crippen LogP contribution in [0.4, 0.5) is 5.00 Å². The van der Waals surface area contributed by atoms with E-state index in [0.29, 0.717) is 16.3 Å². The summed E-state index contributed by atoms with van der Waals surface area (Å²) in [6, 6.07) is 1.63. The summed E-state index contributed by atoms with van der Waals surface area (Å²) in [5, 5.41) is 12.0. The number of thiophene rings is 1. The van der Waals surface area contributed by atoms with Gasteiger partial charge >= 0.3 is 5.97 Å². The smallest absolute Gasteiger partial charge is 0.346 e. The van der Waals surface area contributed by atoms with Crippen molar-refractivity contribution in [1.82, 2.24) is 9.97 Å². The van der Waals surface area contributed by atoms with Crippen LogP contribution in [-0.2, 0) is 0 Å². The number of aromatic carboxylic acids is 1. The summed E-state index contributed by atoms with van der Waals surface area (Å²) in [7, 11) is 0. The molecule has 17 heavy (non-hydrogen) atoms. The van der Waals surface area contributed by atoms with E-state index >= 15 is 0 Å². The maximum Gasteiger partial charge on any atom is 0.346 e. The Kier molecular flexibility index (Phi) is 2.92. The Hall–Kier alpha value is -2.15. The lowest BCUT2D eigenvalue weighted by atomic mass is 10.3. The number of nitrogens with zero attached hydrogens (tertiary/aromatic N) is 1. The summed E-state index contributed by atoms with van der Waals surface area (Å²) >= 11 is 1.03. The second kappa shape index (κ2) is 4.38. The molecular weight excluding hydrogens is 242 g/mol. The number of nitrogens with one attached hydrogen (secondary N) is 2. The zero-order chi connectivity index (χ0) is 12.4. The van der Waals surface area contributed by atoms with Crippen molar-refractivity contribution in [2.24, 2.45) is 0 Å². The molecule has 3 N–H and O–H groups in total. The van der Waals surface area contributed by atoms with Crippen LogP contribution in [0, 0.1) is 6.92 Å². The molecule has 0 radical (unpaired) electrons. The molecule has 0 atom stereocenters. The van der Waals surface area contributed by atoms with Crippen molar-refractivity contribution in [2.45, 2.75) is 6.92 Å². The van der Waals surface area contributed by atoms with Crippen molar-refractivity contribution < 1.29 is 14.7 Å². The van der Waals surface area contributed by atoms with Gasteiger partial charge in [-0.3, -0.25) is 4.79 Å². The zero-order valence-electron chi connectivity index (χ0n) is 8.85. The summed E-state index contributed by atoms with van der Waals surface area (Å²) in [4.78, 5) is 29.1. The Morgan fingerprint density at radius 3 is 2.82 bits per heavy atom. The lowest BCUT2D eigenvalue weighted by Gasteiger charge is -1.98. The number of H-pyrrole nitrogens is 1. The monoisotopic (exact) mass is 251 g/mol. The van der Waals surface area contributed by atoms with Crippen molar-refractivity contribution in [3.8, 4) is 0 Å². The molecule has 7 heteroatoms. The van der Waals surface area contributed by atoms with E-state index in [-0.39, 0.29) is 10.8 Å². The molecule has 88 valence electrons. The second-order valence-corrected chi connectivity index (χ2v) is 4.40. The first-order valence-corrected chi connectivity index (χ1v) is 5.53. The number of aryl methyl sites for hydroxylation is 1. The molecule has 2 aromatic heterocycles. The number of hydrogen-bond acceptors (Lipinski definition) is 4. The molecule has 0 unspecified atom stereocenters. The van der Waals surface area contributed by atoms with Crippen LogP contribution in [0.5, 0.6) is 0 Å². The highest BCUT2D eigenvalue weighted by Crippen LogP contribution is 2.26. The first-order valence-electron chi connectivity index (χ1n) is 4.71. The molecule has 2 heterocycles. The van der Waals surface area contributed by atoms with Crippen LogP contribution in [0.3, 0.4) is 0 Å². The maximum atomic E-state index is 11.6. The van der Waals surface area contributed by atoms with Crippen LogP contribution in [0.25, 0.3) is 0 Å². The molecule has 0 saturated carbocycles. The summed E-state index contributed by atoms with van der Waals surface area (Å²) < 4.78 is 0. The van der Waals surface area contributed by atoms with Gasteiger partial charge in [0.05, 0.1) is 17.5 Å². The number of hydrogen-bond donors (Lipinski definition) is 3. The third-order valence-electron chi connectivity index (χ3n) is 2.09. The van der Waals surface area contributed by atoms with E-state index in [2.05, 4.69) is 15.3 Å². The quantitative estimate of drug-likeness (QED) is 0.774. The lowest BCUT2D eigenvalue weighted by Crippen LogP contribution is -2.10. The van der Waals surface area contributed by atoms with E-state index in [4.69, 9.17) is 5.11 Å². The molecular formula is C10H9N3O3S. The van der Waals surface area contributed by atoms with Crippen LogP contribution in [-0.4, -0.2) is 27.0 Å². The maximum absolute atomic E-state index is 11.6. The minimum Gasteiger partial charge on any atom is -0.477 e.